The molecule has 1 saturated heterocycles. The Bertz CT molecular complexity index is 526. The van der Waals surface area contributed by atoms with Gasteiger partial charge in [-0.1, -0.05) is 0 Å². The predicted molar refractivity (Wildman–Crippen MR) is 64.9 cm³/mol. The highest BCUT2D eigenvalue weighted by Gasteiger charge is 2.28. The maximum Gasteiger partial charge on any atom is 0.339 e. The third-order valence-corrected chi connectivity index (χ3v) is 3.32. The lowest BCUT2D eigenvalue weighted by atomic mass is 10.1. The minimum absolute atomic E-state index is 0.167. The highest BCUT2D eigenvalue weighted by atomic mass is 32.2. The molecule has 94 valence electrons. The van der Waals surface area contributed by atoms with Gasteiger partial charge < -0.3 is 10.2 Å². The SMILES string of the molecule is O=C(O)c1cc(N2C(=O)CSCC2=O)ccc1O. The van der Waals surface area contributed by atoms with Crippen LogP contribution in [0.5, 0.6) is 5.75 Å². The van der Waals surface area contributed by atoms with Crippen LogP contribution in [0.1, 0.15) is 10.4 Å². The number of carboxylic acid groups (broad SMARTS) is 1. The summed E-state index contributed by atoms with van der Waals surface area (Å²) in [5, 5.41) is 18.2. The average molecular weight is 267 g/mol. The summed E-state index contributed by atoms with van der Waals surface area (Å²) in [5.41, 5.74) is -0.174. The highest BCUT2D eigenvalue weighted by Crippen LogP contribution is 2.27. The molecular weight excluding hydrogens is 258 g/mol. The molecule has 1 aliphatic heterocycles. The van der Waals surface area contributed by atoms with E-state index in [9.17, 15) is 19.5 Å². The van der Waals surface area contributed by atoms with Gasteiger partial charge in [-0.05, 0) is 18.2 Å². The van der Waals surface area contributed by atoms with Crippen molar-refractivity contribution in [1.29, 1.82) is 0 Å². The topological polar surface area (TPSA) is 94.9 Å². The fraction of sp³-hybridized carbons (Fsp3) is 0.182. The van der Waals surface area contributed by atoms with Crippen LogP contribution in [0.4, 0.5) is 5.69 Å². The zero-order valence-electron chi connectivity index (χ0n) is 9.12. The molecule has 1 fully saturated rings. The summed E-state index contributed by atoms with van der Waals surface area (Å²) in [6, 6.07) is 3.61. The number of benzene rings is 1. The van der Waals surface area contributed by atoms with Crippen molar-refractivity contribution in [1.82, 2.24) is 0 Å². The molecule has 7 heteroatoms. The molecule has 1 aromatic carbocycles. The van der Waals surface area contributed by atoms with E-state index >= 15 is 0 Å². The Hall–Kier alpha value is -2.02. The molecular formula is C11H9NO5S. The number of aromatic hydroxyl groups is 1. The van der Waals surface area contributed by atoms with Crippen LogP contribution < -0.4 is 4.90 Å². The lowest BCUT2D eigenvalue weighted by molar-refractivity contribution is -0.124. The zero-order chi connectivity index (χ0) is 13.3. The first-order valence-corrected chi connectivity index (χ1v) is 6.16. The first-order chi connectivity index (χ1) is 8.50. The van der Waals surface area contributed by atoms with Crippen LogP contribution in [0.15, 0.2) is 18.2 Å². The molecule has 0 bridgehead atoms. The number of hydrogen-bond acceptors (Lipinski definition) is 5. The van der Waals surface area contributed by atoms with Crippen LogP contribution in [0.3, 0.4) is 0 Å². The molecule has 2 N–H and O–H groups in total. The van der Waals surface area contributed by atoms with Gasteiger partial charge >= 0.3 is 5.97 Å². The Morgan fingerprint density at radius 2 is 1.83 bits per heavy atom. The van der Waals surface area contributed by atoms with Crippen molar-refractivity contribution in [2.24, 2.45) is 0 Å². The van der Waals surface area contributed by atoms with Gasteiger partial charge in [0.25, 0.3) is 0 Å². The smallest absolute Gasteiger partial charge is 0.339 e. The summed E-state index contributed by atoms with van der Waals surface area (Å²) in [6.07, 6.45) is 0. The van der Waals surface area contributed by atoms with Crippen LogP contribution in [0, 0.1) is 0 Å². The number of aromatic carboxylic acids is 1. The number of rotatable bonds is 2. The first-order valence-electron chi connectivity index (χ1n) is 5.00. The number of nitrogens with zero attached hydrogens (tertiary/aromatic N) is 1. The number of anilines is 1. The summed E-state index contributed by atoms with van der Waals surface area (Å²) in [4.78, 5) is 35.1. The number of hydrogen-bond donors (Lipinski definition) is 2. The van der Waals surface area contributed by atoms with Crippen molar-refractivity contribution in [3.63, 3.8) is 0 Å². The van der Waals surface area contributed by atoms with E-state index in [0.29, 0.717) is 0 Å². The second-order valence-electron chi connectivity index (χ2n) is 3.62. The minimum Gasteiger partial charge on any atom is -0.507 e. The van der Waals surface area contributed by atoms with Crippen molar-refractivity contribution in [2.75, 3.05) is 16.4 Å². The fourth-order valence-electron chi connectivity index (χ4n) is 1.62. The maximum atomic E-state index is 11.6. The van der Waals surface area contributed by atoms with Crippen LogP contribution in [-0.2, 0) is 9.59 Å². The molecule has 1 heterocycles. The van der Waals surface area contributed by atoms with E-state index in [4.69, 9.17) is 5.11 Å². The first kappa shape index (κ1) is 12.4. The Morgan fingerprint density at radius 3 is 2.39 bits per heavy atom. The van der Waals surface area contributed by atoms with Gasteiger partial charge in [0, 0.05) is 0 Å². The number of carbonyl (C=O) groups is 3. The molecule has 0 spiro atoms. The molecule has 18 heavy (non-hydrogen) atoms. The summed E-state index contributed by atoms with van der Waals surface area (Å²) in [6.45, 7) is 0. The summed E-state index contributed by atoms with van der Waals surface area (Å²) >= 11 is 1.22. The standard InChI is InChI=1S/C11H9NO5S/c13-8-2-1-6(3-7(8)11(16)17)12-9(14)4-18-5-10(12)15/h1-3,13H,4-5H2,(H,16,17). The minimum atomic E-state index is -1.32. The fourth-order valence-corrected chi connectivity index (χ4v) is 2.33. The van der Waals surface area contributed by atoms with E-state index < -0.39 is 23.5 Å². The van der Waals surface area contributed by atoms with Crippen LogP contribution in [0.2, 0.25) is 0 Å². The van der Waals surface area contributed by atoms with Crippen molar-refractivity contribution < 1.29 is 24.6 Å². The third-order valence-electron chi connectivity index (χ3n) is 2.42. The van der Waals surface area contributed by atoms with Gasteiger partial charge in [-0.2, -0.15) is 0 Å². The second kappa shape index (κ2) is 4.69. The predicted octanol–water partition coefficient (Wildman–Crippen LogP) is 0.697. The monoisotopic (exact) mass is 267 g/mol. The Kier molecular flexibility index (Phi) is 3.24. The lowest BCUT2D eigenvalue weighted by Gasteiger charge is -2.24. The van der Waals surface area contributed by atoms with Crippen LogP contribution in [-0.4, -0.2) is 39.5 Å². The lowest BCUT2D eigenvalue weighted by Crippen LogP contribution is -2.43. The van der Waals surface area contributed by atoms with Crippen molar-refractivity contribution in [3.05, 3.63) is 23.8 Å². The van der Waals surface area contributed by atoms with Crippen molar-refractivity contribution in [3.8, 4) is 5.75 Å². The molecule has 0 atom stereocenters. The third kappa shape index (κ3) is 2.17. The van der Waals surface area contributed by atoms with Gasteiger partial charge in [0.15, 0.2) is 0 Å². The molecule has 2 amide bonds. The number of imide groups is 1. The number of phenols is 1. The van der Waals surface area contributed by atoms with Crippen LogP contribution in [0.25, 0.3) is 0 Å². The van der Waals surface area contributed by atoms with Gasteiger partial charge in [0.2, 0.25) is 11.8 Å². The van der Waals surface area contributed by atoms with E-state index in [2.05, 4.69) is 0 Å². The second-order valence-corrected chi connectivity index (χ2v) is 4.61. The molecule has 2 rings (SSSR count). The molecule has 0 aliphatic carbocycles. The molecule has 0 unspecified atom stereocenters. The van der Waals surface area contributed by atoms with Crippen molar-refractivity contribution >= 4 is 35.2 Å². The zero-order valence-corrected chi connectivity index (χ0v) is 9.94. The molecule has 0 aromatic heterocycles. The van der Waals surface area contributed by atoms with Gasteiger partial charge in [-0.25, -0.2) is 9.69 Å². The van der Waals surface area contributed by atoms with Gasteiger partial charge in [-0.15, -0.1) is 11.8 Å². The largest absolute Gasteiger partial charge is 0.507 e. The highest BCUT2D eigenvalue weighted by molar-refractivity contribution is 8.00. The number of carboxylic acids is 1. The Morgan fingerprint density at radius 1 is 1.22 bits per heavy atom. The number of carbonyl (C=O) groups excluding carboxylic acids is 2. The quantitative estimate of drug-likeness (QED) is 0.766. The van der Waals surface area contributed by atoms with Gasteiger partial charge in [0.05, 0.1) is 17.2 Å². The number of amides is 2. The normalized spacial score (nSPS) is 15.9. The van der Waals surface area contributed by atoms with E-state index in [1.165, 1.54) is 17.8 Å². The van der Waals surface area contributed by atoms with Crippen LogP contribution >= 0.6 is 11.8 Å². The van der Waals surface area contributed by atoms with E-state index in [1.54, 1.807) is 0 Å². The summed E-state index contributed by atoms with van der Waals surface area (Å²) in [7, 11) is 0. The molecule has 0 saturated carbocycles. The Labute approximate surface area is 106 Å². The summed E-state index contributed by atoms with van der Waals surface area (Å²) < 4.78 is 0. The van der Waals surface area contributed by atoms with Crippen molar-refractivity contribution in [2.45, 2.75) is 0 Å². The Balaban J connectivity index is 2.44. The molecule has 1 aliphatic rings. The maximum absolute atomic E-state index is 11.6. The molecule has 0 radical (unpaired) electrons. The molecule has 1 aromatic rings. The van der Waals surface area contributed by atoms with E-state index in [0.717, 1.165) is 17.0 Å². The van der Waals surface area contributed by atoms with E-state index in [1.807, 2.05) is 0 Å². The summed E-state index contributed by atoms with van der Waals surface area (Å²) in [5.74, 6) is -2.15. The van der Waals surface area contributed by atoms with Gasteiger partial charge in [0.1, 0.15) is 11.3 Å². The number of thioether (sulfide) groups is 1. The van der Waals surface area contributed by atoms with Gasteiger partial charge in [-0.3, -0.25) is 9.59 Å². The average Bonchev–Trinajstić information content (AvgIpc) is 2.30. The molecule has 6 nitrogen and oxygen atoms in total. The van der Waals surface area contributed by atoms with E-state index in [-0.39, 0.29) is 22.8 Å².